The smallest absolute Gasteiger partial charge is 0.215 e. The third kappa shape index (κ3) is 5.77. The molecule has 0 atom stereocenters. The van der Waals surface area contributed by atoms with E-state index in [0.29, 0.717) is 19.0 Å². The molecule has 8 heteroatoms. The lowest BCUT2D eigenvalue weighted by Gasteiger charge is -2.19. The zero-order valence-electron chi connectivity index (χ0n) is 16.7. The Kier molecular flexibility index (Phi) is 6.54. The van der Waals surface area contributed by atoms with E-state index < -0.39 is 10.0 Å². The highest BCUT2D eigenvalue weighted by Crippen LogP contribution is 2.47. The van der Waals surface area contributed by atoms with E-state index in [1.165, 1.54) is 13.1 Å². The molecule has 0 radical (unpaired) electrons. The molecular formula is C21H27FN4O2S. The number of hydrogen-bond donors (Lipinski definition) is 3. The van der Waals surface area contributed by atoms with Gasteiger partial charge < -0.3 is 10.6 Å². The average Bonchev–Trinajstić information content (AvgIpc) is 3.50. The fourth-order valence-corrected chi connectivity index (χ4v) is 4.02. The Balaban J connectivity index is 1.52. The fraction of sp³-hybridized carbons (Fsp3) is 0.381. The number of hydrogen-bond acceptors (Lipinski definition) is 3. The number of guanidine groups is 1. The second-order valence-electron chi connectivity index (χ2n) is 7.35. The van der Waals surface area contributed by atoms with Gasteiger partial charge in [0.1, 0.15) is 5.82 Å². The monoisotopic (exact) mass is 418 g/mol. The number of sulfonamides is 1. The number of aliphatic imine (C=N–C) groups is 1. The van der Waals surface area contributed by atoms with Gasteiger partial charge in [0, 0.05) is 25.6 Å². The molecule has 1 aliphatic carbocycles. The van der Waals surface area contributed by atoms with Crippen LogP contribution in [-0.4, -0.2) is 35.0 Å². The van der Waals surface area contributed by atoms with Gasteiger partial charge in [-0.1, -0.05) is 36.4 Å². The summed E-state index contributed by atoms with van der Waals surface area (Å²) in [6.07, 6.45) is 2.05. The maximum atomic E-state index is 13.5. The molecule has 1 saturated carbocycles. The first-order chi connectivity index (χ1) is 13.9. The Hall–Kier alpha value is -2.45. The van der Waals surface area contributed by atoms with Gasteiger partial charge in [-0.25, -0.2) is 17.5 Å². The van der Waals surface area contributed by atoms with E-state index >= 15 is 0 Å². The normalized spacial score (nSPS) is 15.8. The van der Waals surface area contributed by atoms with Gasteiger partial charge in [0.15, 0.2) is 5.96 Å². The van der Waals surface area contributed by atoms with Crippen LogP contribution in [0.1, 0.15) is 29.5 Å². The van der Waals surface area contributed by atoms with Crippen molar-refractivity contribution in [1.29, 1.82) is 0 Å². The second kappa shape index (κ2) is 8.92. The maximum absolute atomic E-state index is 13.5. The lowest BCUT2D eigenvalue weighted by Crippen LogP contribution is -2.40. The van der Waals surface area contributed by atoms with Gasteiger partial charge in [-0.15, -0.1) is 0 Å². The molecule has 0 spiro atoms. The summed E-state index contributed by atoms with van der Waals surface area (Å²) in [5.74, 6) is 0.430. The van der Waals surface area contributed by atoms with Crippen LogP contribution in [0.4, 0.5) is 4.39 Å². The van der Waals surface area contributed by atoms with Gasteiger partial charge in [-0.2, -0.15) is 0 Å². The molecule has 1 aliphatic rings. The molecular weight excluding hydrogens is 391 g/mol. The second-order valence-corrected chi connectivity index (χ2v) is 9.28. The maximum Gasteiger partial charge on any atom is 0.215 e. The predicted molar refractivity (Wildman–Crippen MR) is 114 cm³/mol. The first-order valence-electron chi connectivity index (χ1n) is 9.55. The molecule has 29 heavy (non-hydrogen) atoms. The van der Waals surface area contributed by atoms with Crippen LogP contribution in [0.2, 0.25) is 0 Å². The molecule has 0 heterocycles. The molecule has 156 valence electrons. The Morgan fingerprint density at radius 2 is 1.79 bits per heavy atom. The Bertz CT molecular complexity index is 970. The summed E-state index contributed by atoms with van der Waals surface area (Å²) in [6.45, 7) is 1.25. The molecule has 0 aromatic heterocycles. The topological polar surface area (TPSA) is 82.6 Å². The van der Waals surface area contributed by atoms with Crippen molar-refractivity contribution in [3.63, 3.8) is 0 Å². The van der Waals surface area contributed by atoms with Gasteiger partial charge in [-0.05, 0) is 48.7 Å². The molecule has 2 aromatic rings. The van der Waals surface area contributed by atoms with E-state index in [1.54, 1.807) is 19.2 Å². The standard InChI is InChI=1S/C21H27FN4O2S/c1-23-20(26-15-21(10-11-21)18-4-3-5-19(22)12-18)25-13-16-6-8-17(9-7-16)14-29(27,28)24-2/h3-9,12,24H,10-11,13-15H2,1-2H3,(H2,23,25,26). The van der Waals surface area contributed by atoms with Gasteiger partial charge in [0.25, 0.3) is 0 Å². The van der Waals surface area contributed by atoms with Crippen LogP contribution in [0.5, 0.6) is 0 Å². The first kappa shape index (κ1) is 21.3. The fourth-order valence-electron chi connectivity index (χ4n) is 3.24. The molecule has 0 unspecified atom stereocenters. The van der Waals surface area contributed by atoms with Gasteiger partial charge >= 0.3 is 0 Å². The quantitative estimate of drug-likeness (QED) is 0.454. The van der Waals surface area contributed by atoms with Crippen molar-refractivity contribution >= 4 is 16.0 Å². The van der Waals surface area contributed by atoms with Crippen LogP contribution >= 0.6 is 0 Å². The van der Waals surface area contributed by atoms with Gasteiger partial charge in [0.05, 0.1) is 5.75 Å². The van der Waals surface area contributed by atoms with Crippen LogP contribution in [-0.2, 0) is 27.7 Å². The Labute approximate surface area is 171 Å². The van der Waals surface area contributed by atoms with Crippen LogP contribution in [0.25, 0.3) is 0 Å². The zero-order valence-corrected chi connectivity index (χ0v) is 17.5. The minimum Gasteiger partial charge on any atom is -0.356 e. The van der Waals surface area contributed by atoms with Crippen LogP contribution < -0.4 is 15.4 Å². The summed E-state index contributed by atoms with van der Waals surface area (Å²) >= 11 is 0. The predicted octanol–water partition coefficient (Wildman–Crippen LogP) is 2.27. The Morgan fingerprint density at radius 1 is 1.10 bits per heavy atom. The van der Waals surface area contributed by atoms with Gasteiger partial charge in [0.2, 0.25) is 10.0 Å². The van der Waals surface area contributed by atoms with Crippen molar-refractivity contribution in [2.45, 2.75) is 30.6 Å². The minimum atomic E-state index is -3.27. The number of benzene rings is 2. The summed E-state index contributed by atoms with van der Waals surface area (Å²) in [4.78, 5) is 4.26. The summed E-state index contributed by atoms with van der Waals surface area (Å²) in [7, 11) is -0.154. The van der Waals surface area contributed by atoms with Gasteiger partial charge in [-0.3, -0.25) is 4.99 Å². The summed E-state index contributed by atoms with van der Waals surface area (Å²) < 4.78 is 39.1. The van der Waals surface area contributed by atoms with Crippen molar-refractivity contribution in [3.05, 3.63) is 71.0 Å². The molecule has 0 bridgehead atoms. The summed E-state index contributed by atoms with van der Waals surface area (Å²) in [5, 5.41) is 6.60. The van der Waals surface area contributed by atoms with E-state index in [-0.39, 0.29) is 17.0 Å². The number of rotatable bonds is 8. The van der Waals surface area contributed by atoms with E-state index in [2.05, 4.69) is 20.3 Å². The van der Waals surface area contributed by atoms with Crippen molar-refractivity contribution in [2.24, 2.45) is 4.99 Å². The molecule has 3 rings (SSSR count). The summed E-state index contributed by atoms with van der Waals surface area (Å²) in [6, 6.07) is 14.2. The largest absolute Gasteiger partial charge is 0.356 e. The van der Waals surface area contributed by atoms with Crippen LogP contribution in [0.3, 0.4) is 0 Å². The zero-order chi connectivity index (χ0) is 20.9. The van der Waals surface area contributed by atoms with Crippen molar-refractivity contribution in [2.75, 3.05) is 20.6 Å². The molecule has 1 fully saturated rings. The third-order valence-electron chi connectivity index (χ3n) is 5.26. The first-order valence-corrected chi connectivity index (χ1v) is 11.2. The molecule has 0 saturated heterocycles. The average molecular weight is 419 g/mol. The number of halogens is 1. The molecule has 6 nitrogen and oxygen atoms in total. The molecule has 2 aromatic carbocycles. The lowest BCUT2D eigenvalue weighted by molar-refractivity contribution is 0.587. The van der Waals surface area contributed by atoms with Crippen LogP contribution in [0, 0.1) is 5.82 Å². The highest BCUT2D eigenvalue weighted by atomic mass is 32.2. The lowest BCUT2D eigenvalue weighted by atomic mass is 9.96. The molecule has 0 aliphatic heterocycles. The molecule has 3 N–H and O–H groups in total. The number of nitrogens with zero attached hydrogens (tertiary/aromatic N) is 1. The third-order valence-corrected chi connectivity index (χ3v) is 6.59. The molecule has 0 amide bonds. The van der Waals surface area contributed by atoms with Crippen molar-refractivity contribution in [1.82, 2.24) is 15.4 Å². The van der Waals surface area contributed by atoms with E-state index in [4.69, 9.17) is 0 Å². The highest BCUT2D eigenvalue weighted by Gasteiger charge is 2.44. The SMILES string of the molecule is CN=C(NCc1ccc(CS(=O)(=O)NC)cc1)NCC1(c2cccc(F)c2)CC1. The Morgan fingerprint density at radius 3 is 2.38 bits per heavy atom. The van der Waals surface area contributed by atoms with E-state index in [1.807, 2.05) is 30.3 Å². The van der Waals surface area contributed by atoms with E-state index in [0.717, 1.165) is 29.5 Å². The minimum absolute atomic E-state index is 0.0276. The highest BCUT2D eigenvalue weighted by molar-refractivity contribution is 7.88. The van der Waals surface area contributed by atoms with E-state index in [9.17, 15) is 12.8 Å². The van der Waals surface area contributed by atoms with Crippen molar-refractivity contribution in [3.8, 4) is 0 Å². The van der Waals surface area contributed by atoms with Crippen molar-refractivity contribution < 1.29 is 12.8 Å². The number of nitrogens with one attached hydrogen (secondary N) is 3. The summed E-state index contributed by atoms with van der Waals surface area (Å²) in [5.41, 5.74) is 2.74. The van der Waals surface area contributed by atoms with Crippen LogP contribution in [0.15, 0.2) is 53.5 Å².